The van der Waals surface area contributed by atoms with Crippen LogP contribution in [0.25, 0.3) is 0 Å². The fourth-order valence-corrected chi connectivity index (χ4v) is 1.32. The summed E-state index contributed by atoms with van der Waals surface area (Å²) >= 11 is 0. The van der Waals surface area contributed by atoms with E-state index in [0.717, 1.165) is 11.8 Å². The lowest BCUT2D eigenvalue weighted by Crippen LogP contribution is -2.20. The van der Waals surface area contributed by atoms with Gasteiger partial charge in [-0.3, -0.25) is 0 Å². The summed E-state index contributed by atoms with van der Waals surface area (Å²) in [6.07, 6.45) is 5.31. The standard InChI is InChI=1S/C12H26.C3H8/c1-7-12(5,6)11(4)9-8-10(2)3;1-3-2/h10-11H,7-9H2,1-6H3;3H2,1-2H3. The first-order valence-corrected chi connectivity index (χ1v) is 6.81. The zero-order valence-corrected chi connectivity index (χ0v) is 12.5. The molecule has 0 saturated heterocycles. The molecule has 0 nitrogen and oxygen atoms in total. The summed E-state index contributed by atoms with van der Waals surface area (Å²) in [6.45, 7) is 18.3. The highest BCUT2D eigenvalue weighted by molar-refractivity contribution is 4.73. The molecule has 0 spiro atoms. The van der Waals surface area contributed by atoms with E-state index in [0.29, 0.717) is 5.41 Å². The highest BCUT2D eigenvalue weighted by Crippen LogP contribution is 2.33. The van der Waals surface area contributed by atoms with E-state index in [1.807, 2.05) is 0 Å². The van der Waals surface area contributed by atoms with Crippen LogP contribution in [0.4, 0.5) is 0 Å². The molecule has 1 atom stereocenters. The quantitative estimate of drug-likeness (QED) is 0.533. The van der Waals surface area contributed by atoms with Crippen molar-refractivity contribution in [2.75, 3.05) is 0 Å². The molecular formula is C15H34. The second-order valence-corrected chi connectivity index (χ2v) is 5.92. The van der Waals surface area contributed by atoms with E-state index in [4.69, 9.17) is 0 Å². The molecule has 94 valence electrons. The maximum Gasteiger partial charge on any atom is -0.0331 e. The Morgan fingerprint density at radius 1 is 0.867 bits per heavy atom. The van der Waals surface area contributed by atoms with E-state index in [1.165, 1.54) is 25.7 Å². The Morgan fingerprint density at radius 3 is 1.53 bits per heavy atom. The summed E-state index contributed by atoms with van der Waals surface area (Å²) in [4.78, 5) is 0. The van der Waals surface area contributed by atoms with Gasteiger partial charge in [-0.2, -0.15) is 0 Å². The molecule has 0 fully saturated rings. The van der Waals surface area contributed by atoms with Crippen molar-refractivity contribution in [3.8, 4) is 0 Å². The Balaban J connectivity index is 0. The Labute approximate surface area is 98.9 Å². The van der Waals surface area contributed by atoms with Gasteiger partial charge in [-0.1, -0.05) is 74.7 Å². The summed E-state index contributed by atoms with van der Waals surface area (Å²) in [6, 6.07) is 0. The second kappa shape index (κ2) is 9.24. The fourth-order valence-electron chi connectivity index (χ4n) is 1.32. The van der Waals surface area contributed by atoms with Crippen LogP contribution in [0.3, 0.4) is 0 Å². The van der Waals surface area contributed by atoms with E-state index >= 15 is 0 Å². The summed E-state index contributed by atoms with van der Waals surface area (Å²) in [7, 11) is 0. The van der Waals surface area contributed by atoms with Crippen molar-refractivity contribution in [2.24, 2.45) is 17.3 Å². The predicted molar refractivity (Wildman–Crippen MR) is 73.3 cm³/mol. The minimum absolute atomic E-state index is 0.537. The summed E-state index contributed by atoms with van der Waals surface area (Å²) in [5.41, 5.74) is 0.537. The Morgan fingerprint density at radius 2 is 1.27 bits per heavy atom. The molecule has 0 saturated carbocycles. The molecular weight excluding hydrogens is 180 g/mol. The summed E-state index contributed by atoms with van der Waals surface area (Å²) in [5, 5.41) is 0. The van der Waals surface area contributed by atoms with Crippen LogP contribution >= 0.6 is 0 Å². The Kier molecular flexibility index (Phi) is 10.7. The predicted octanol–water partition coefficient (Wildman–Crippen LogP) is 5.91. The van der Waals surface area contributed by atoms with Gasteiger partial charge in [0, 0.05) is 0 Å². The largest absolute Gasteiger partial charge is 0.0656 e. The normalized spacial score (nSPS) is 13.4. The third-order valence-electron chi connectivity index (χ3n) is 3.42. The van der Waals surface area contributed by atoms with Crippen molar-refractivity contribution in [1.82, 2.24) is 0 Å². The average Bonchev–Trinajstić information content (AvgIpc) is 2.15. The minimum Gasteiger partial charge on any atom is -0.0656 e. The molecule has 0 N–H and O–H groups in total. The molecule has 15 heavy (non-hydrogen) atoms. The first-order valence-electron chi connectivity index (χ1n) is 6.81. The maximum absolute atomic E-state index is 2.39. The third kappa shape index (κ3) is 10.3. The van der Waals surface area contributed by atoms with Gasteiger partial charge in [0.15, 0.2) is 0 Å². The zero-order valence-electron chi connectivity index (χ0n) is 12.5. The first-order chi connectivity index (χ1) is 6.81. The lowest BCUT2D eigenvalue weighted by Gasteiger charge is -2.31. The van der Waals surface area contributed by atoms with E-state index in [-0.39, 0.29) is 0 Å². The summed E-state index contributed by atoms with van der Waals surface area (Å²) < 4.78 is 0. The van der Waals surface area contributed by atoms with Gasteiger partial charge in [-0.05, 0) is 23.7 Å². The van der Waals surface area contributed by atoms with Crippen molar-refractivity contribution in [3.63, 3.8) is 0 Å². The second-order valence-electron chi connectivity index (χ2n) is 5.92. The van der Waals surface area contributed by atoms with Crippen LogP contribution < -0.4 is 0 Å². The number of hydrogen-bond acceptors (Lipinski definition) is 0. The van der Waals surface area contributed by atoms with Gasteiger partial charge < -0.3 is 0 Å². The zero-order chi connectivity index (χ0) is 12.5. The molecule has 0 heteroatoms. The number of hydrogen-bond donors (Lipinski definition) is 0. The highest BCUT2D eigenvalue weighted by atomic mass is 14.3. The van der Waals surface area contributed by atoms with Gasteiger partial charge in [-0.25, -0.2) is 0 Å². The maximum atomic E-state index is 2.39. The SMILES string of the molecule is CCC.CCC(C)(C)C(C)CCC(C)C. The summed E-state index contributed by atoms with van der Waals surface area (Å²) in [5.74, 6) is 1.73. The average molecular weight is 214 g/mol. The number of rotatable bonds is 5. The molecule has 0 aliphatic carbocycles. The molecule has 0 heterocycles. The fraction of sp³-hybridized carbons (Fsp3) is 1.00. The van der Waals surface area contributed by atoms with Crippen molar-refractivity contribution in [3.05, 3.63) is 0 Å². The Bertz CT molecular complexity index is 122. The van der Waals surface area contributed by atoms with Crippen LogP contribution in [0.2, 0.25) is 0 Å². The van der Waals surface area contributed by atoms with Crippen molar-refractivity contribution >= 4 is 0 Å². The lowest BCUT2D eigenvalue weighted by molar-refractivity contribution is 0.200. The van der Waals surface area contributed by atoms with Crippen LogP contribution in [-0.2, 0) is 0 Å². The highest BCUT2D eigenvalue weighted by Gasteiger charge is 2.23. The minimum atomic E-state index is 0.537. The van der Waals surface area contributed by atoms with Crippen molar-refractivity contribution in [1.29, 1.82) is 0 Å². The van der Waals surface area contributed by atoms with Gasteiger partial charge in [0.2, 0.25) is 0 Å². The van der Waals surface area contributed by atoms with Gasteiger partial charge in [-0.15, -0.1) is 0 Å². The first kappa shape index (κ1) is 17.4. The Hall–Kier alpha value is 0. The molecule has 0 amide bonds. The van der Waals surface area contributed by atoms with E-state index < -0.39 is 0 Å². The third-order valence-corrected chi connectivity index (χ3v) is 3.42. The smallest absolute Gasteiger partial charge is 0.0331 e. The van der Waals surface area contributed by atoms with Crippen LogP contribution in [-0.4, -0.2) is 0 Å². The molecule has 1 unspecified atom stereocenters. The van der Waals surface area contributed by atoms with Crippen molar-refractivity contribution in [2.45, 2.75) is 81.1 Å². The molecule has 0 rings (SSSR count). The molecule has 0 aliphatic heterocycles. The lowest BCUT2D eigenvalue weighted by atomic mass is 9.75. The molecule has 0 aromatic carbocycles. The van der Waals surface area contributed by atoms with E-state index in [9.17, 15) is 0 Å². The van der Waals surface area contributed by atoms with E-state index in [2.05, 4.69) is 55.4 Å². The van der Waals surface area contributed by atoms with Crippen molar-refractivity contribution < 1.29 is 0 Å². The van der Waals surface area contributed by atoms with Crippen LogP contribution in [0, 0.1) is 17.3 Å². The monoisotopic (exact) mass is 214 g/mol. The molecule has 0 aliphatic rings. The van der Waals surface area contributed by atoms with E-state index in [1.54, 1.807) is 0 Å². The topological polar surface area (TPSA) is 0 Å². The van der Waals surface area contributed by atoms with Gasteiger partial charge in [0.25, 0.3) is 0 Å². The van der Waals surface area contributed by atoms with Crippen LogP contribution in [0.15, 0.2) is 0 Å². The van der Waals surface area contributed by atoms with Crippen LogP contribution in [0.1, 0.15) is 81.1 Å². The van der Waals surface area contributed by atoms with Gasteiger partial charge >= 0.3 is 0 Å². The molecule has 0 aromatic heterocycles. The molecule has 0 radical (unpaired) electrons. The molecule has 0 bridgehead atoms. The van der Waals surface area contributed by atoms with Crippen LogP contribution in [0.5, 0.6) is 0 Å². The van der Waals surface area contributed by atoms with Gasteiger partial charge in [0.05, 0.1) is 0 Å². The van der Waals surface area contributed by atoms with Gasteiger partial charge in [0.1, 0.15) is 0 Å². The molecule has 0 aromatic rings.